The summed E-state index contributed by atoms with van der Waals surface area (Å²) in [5.41, 5.74) is 0.825. The predicted octanol–water partition coefficient (Wildman–Crippen LogP) is -0.383. The Morgan fingerprint density at radius 1 is 1.60 bits per heavy atom. The summed E-state index contributed by atoms with van der Waals surface area (Å²) in [5.74, 6) is -0.441. The fraction of sp³-hybridized carbons (Fsp3) is 0.300. The van der Waals surface area contributed by atoms with Gasteiger partial charge in [0.15, 0.2) is 6.10 Å². The van der Waals surface area contributed by atoms with Gasteiger partial charge in [-0.05, 0) is 37.6 Å². The molecule has 0 aliphatic rings. The first-order valence-electron chi connectivity index (χ1n) is 4.16. The van der Waals surface area contributed by atoms with Crippen LogP contribution in [0, 0.1) is 6.92 Å². The fourth-order valence-corrected chi connectivity index (χ4v) is 1.21. The van der Waals surface area contributed by atoms with Crippen molar-refractivity contribution >= 4 is 17.6 Å². The van der Waals surface area contributed by atoms with Crippen LogP contribution in [0.15, 0.2) is 18.2 Å². The van der Waals surface area contributed by atoms with Crippen molar-refractivity contribution in [2.45, 2.75) is 20.0 Å². The number of carboxylic acid groups (broad SMARTS) is 1. The molecule has 15 heavy (non-hydrogen) atoms. The maximum Gasteiger partial charge on any atom is 1.00 e. The molecule has 1 aromatic rings. The number of ether oxygens (including phenoxy) is 1. The van der Waals surface area contributed by atoms with Crippen molar-refractivity contribution in [2.75, 3.05) is 0 Å². The van der Waals surface area contributed by atoms with Crippen molar-refractivity contribution in [3.05, 3.63) is 28.8 Å². The van der Waals surface area contributed by atoms with E-state index in [-0.39, 0.29) is 31.0 Å². The van der Waals surface area contributed by atoms with E-state index in [2.05, 4.69) is 0 Å². The zero-order valence-corrected chi connectivity index (χ0v) is 11.7. The van der Waals surface area contributed by atoms with Crippen LogP contribution in [0.2, 0.25) is 5.02 Å². The first-order valence-corrected chi connectivity index (χ1v) is 4.54. The smallest absolute Gasteiger partial charge is 1.00 e. The van der Waals surface area contributed by atoms with Crippen LogP contribution in [0.1, 0.15) is 13.9 Å². The van der Waals surface area contributed by atoms with E-state index >= 15 is 0 Å². The number of aliphatic carboxylic acids is 1. The average Bonchev–Trinajstić information content (AvgIpc) is 2.09. The summed E-state index contributed by atoms with van der Waals surface area (Å²) < 4.78 is 5.20. The number of hydrogen-bond acceptors (Lipinski definition) is 2. The Kier molecular flexibility index (Phi) is 6.29. The topological polar surface area (TPSA) is 46.5 Å². The first kappa shape index (κ1) is 14.8. The normalized spacial score (nSPS) is 11.4. The number of aryl methyl sites for hydroxylation is 1. The van der Waals surface area contributed by atoms with Crippen molar-refractivity contribution in [1.29, 1.82) is 0 Å². The molecule has 0 saturated carbocycles. The number of carbonyl (C=O) groups is 1. The van der Waals surface area contributed by atoms with Crippen LogP contribution >= 0.6 is 11.6 Å². The van der Waals surface area contributed by atoms with E-state index in [0.29, 0.717) is 10.8 Å². The van der Waals surface area contributed by atoms with Gasteiger partial charge in [0.05, 0.1) is 0 Å². The molecule has 1 N–H and O–H groups in total. The molecule has 1 aromatic carbocycles. The molecule has 0 bridgehead atoms. The maximum absolute atomic E-state index is 10.5. The van der Waals surface area contributed by atoms with Gasteiger partial charge in [0.1, 0.15) is 5.75 Å². The first-order chi connectivity index (χ1) is 6.50. The molecule has 0 radical (unpaired) electrons. The molecule has 0 fully saturated rings. The fourth-order valence-electron chi connectivity index (χ4n) is 0.986. The summed E-state index contributed by atoms with van der Waals surface area (Å²) in [5, 5.41) is 9.25. The van der Waals surface area contributed by atoms with E-state index in [1.807, 2.05) is 6.92 Å². The molecule has 3 nitrogen and oxygen atoms in total. The third-order valence-electron chi connectivity index (χ3n) is 1.79. The number of carboxylic acids is 1. The van der Waals surface area contributed by atoms with Crippen molar-refractivity contribution < 1.29 is 45.6 Å². The summed E-state index contributed by atoms with van der Waals surface area (Å²) in [7, 11) is 0. The molecule has 78 valence electrons. The zero-order chi connectivity index (χ0) is 10.7. The van der Waals surface area contributed by atoms with Gasteiger partial charge in [-0.2, -0.15) is 0 Å². The van der Waals surface area contributed by atoms with Crippen LogP contribution in [0.4, 0.5) is 0 Å². The predicted molar refractivity (Wildman–Crippen MR) is 55.0 cm³/mol. The van der Waals surface area contributed by atoms with Gasteiger partial charge in [0.25, 0.3) is 0 Å². The molecule has 5 heteroatoms. The van der Waals surface area contributed by atoms with E-state index in [9.17, 15) is 4.79 Å². The molecule has 0 aromatic heterocycles. The van der Waals surface area contributed by atoms with E-state index < -0.39 is 12.1 Å². The summed E-state index contributed by atoms with van der Waals surface area (Å²) in [4.78, 5) is 10.5. The van der Waals surface area contributed by atoms with Crippen LogP contribution in [0.25, 0.3) is 0 Å². The molecule has 1 rings (SSSR count). The van der Waals surface area contributed by atoms with E-state index in [0.717, 1.165) is 5.56 Å². The van der Waals surface area contributed by atoms with Gasteiger partial charge in [0, 0.05) is 5.02 Å². The Bertz CT molecular complexity index is 360. The number of hydrogen-bond donors (Lipinski definition) is 1. The third-order valence-corrected chi connectivity index (χ3v) is 2.02. The van der Waals surface area contributed by atoms with Crippen molar-refractivity contribution in [2.24, 2.45) is 0 Å². The second-order valence-corrected chi connectivity index (χ2v) is 3.44. The van der Waals surface area contributed by atoms with Gasteiger partial charge in [-0.15, -0.1) is 0 Å². The summed E-state index contributed by atoms with van der Waals surface area (Å²) in [6, 6.07) is 5.06. The van der Waals surface area contributed by atoms with Crippen LogP contribution in [-0.2, 0) is 4.79 Å². The van der Waals surface area contributed by atoms with Gasteiger partial charge in [-0.1, -0.05) is 11.6 Å². The minimum atomic E-state index is -0.987. The standard InChI is InChI=1S/C10H11ClO3.Na.H/c1-6-5-8(11)3-4-9(6)14-7(2)10(12)13;;/h3-5,7H,1-2H3,(H,12,13);;/q;+1;-1. The minimum Gasteiger partial charge on any atom is -1.00 e. The molecular formula is C10H12ClNaO3. The Labute approximate surface area is 117 Å². The van der Waals surface area contributed by atoms with Crippen LogP contribution in [-0.4, -0.2) is 17.2 Å². The van der Waals surface area contributed by atoms with Crippen molar-refractivity contribution in [3.63, 3.8) is 0 Å². The summed E-state index contributed by atoms with van der Waals surface area (Å²) in [6.07, 6.45) is -0.852. The summed E-state index contributed by atoms with van der Waals surface area (Å²) >= 11 is 5.74. The molecule has 1 unspecified atom stereocenters. The van der Waals surface area contributed by atoms with Gasteiger partial charge in [-0.3, -0.25) is 0 Å². The monoisotopic (exact) mass is 238 g/mol. The molecular weight excluding hydrogens is 227 g/mol. The molecule has 0 aliphatic carbocycles. The van der Waals surface area contributed by atoms with Gasteiger partial charge >= 0.3 is 35.5 Å². The average molecular weight is 239 g/mol. The number of halogens is 1. The Hall–Kier alpha value is -0.220. The Morgan fingerprint density at radius 3 is 2.67 bits per heavy atom. The minimum absolute atomic E-state index is 0. The van der Waals surface area contributed by atoms with E-state index in [1.165, 1.54) is 6.92 Å². The van der Waals surface area contributed by atoms with Crippen LogP contribution in [0.3, 0.4) is 0 Å². The number of rotatable bonds is 3. The van der Waals surface area contributed by atoms with E-state index in [4.69, 9.17) is 21.4 Å². The molecule has 0 spiro atoms. The molecule has 0 saturated heterocycles. The number of benzene rings is 1. The van der Waals surface area contributed by atoms with Crippen LogP contribution < -0.4 is 34.3 Å². The SMILES string of the molecule is Cc1cc(Cl)ccc1OC(C)C(=O)O.[H-].[Na+]. The van der Waals surface area contributed by atoms with Crippen molar-refractivity contribution in [3.8, 4) is 5.75 Å². The van der Waals surface area contributed by atoms with Gasteiger partial charge in [-0.25, -0.2) is 4.79 Å². The second-order valence-electron chi connectivity index (χ2n) is 3.01. The molecule has 0 amide bonds. The maximum atomic E-state index is 10.5. The molecule has 0 aliphatic heterocycles. The third kappa shape index (κ3) is 4.43. The summed E-state index contributed by atoms with van der Waals surface area (Å²) in [6.45, 7) is 3.30. The second kappa shape index (κ2) is 6.38. The van der Waals surface area contributed by atoms with Crippen LogP contribution in [0.5, 0.6) is 5.75 Å². The van der Waals surface area contributed by atoms with Crippen molar-refractivity contribution in [1.82, 2.24) is 0 Å². The molecule has 1 atom stereocenters. The van der Waals surface area contributed by atoms with Gasteiger partial charge < -0.3 is 11.3 Å². The largest absolute Gasteiger partial charge is 1.00 e. The Balaban J connectivity index is 0. The molecule has 0 heterocycles. The Morgan fingerprint density at radius 2 is 2.20 bits per heavy atom. The van der Waals surface area contributed by atoms with Gasteiger partial charge in [0.2, 0.25) is 0 Å². The quantitative estimate of drug-likeness (QED) is 0.730. The van der Waals surface area contributed by atoms with E-state index in [1.54, 1.807) is 18.2 Å². The zero-order valence-electron chi connectivity index (χ0n) is 9.95.